The molecular weight excluding hydrogens is 1190 g/mol. The first-order chi connectivity index (χ1) is 44.1. The van der Waals surface area contributed by atoms with E-state index in [-0.39, 0.29) is 56.1 Å². The summed E-state index contributed by atoms with van der Waals surface area (Å²) in [5.41, 5.74) is 6.85. The second kappa shape index (κ2) is 37.1. The Morgan fingerprint density at radius 3 is 1.89 bits per heavy atom. The molecule has 0 aromatic heterocycles. The SMILES string of the molecule is CC[C@H](C)[C@@H]([C@@H](CC(=O)N1CCC[C@H]1[C@H](OC)[C@@H](C)C(=O)N[C@H](C)[C@@H](O)c1ccccc1)OC)N(C)C(=O)[C@@H](NC(=O)[C@H](C(C)C)N(C)C(=O)OCc1ccc(NC(=O)[C@@H](CCCNC(N)=O)NC(=O)[C@@H](NC(=O)OCC2C3CCCCCCC32)C(C)C)cc1)C(C)C. The second-order valence-electron chi connectivity index (χ2n) is 27.0. The first kappa shape index (κ1) is 76.7. The first-order valence-electron chi connectivity index (χ1n) is 33.7. The monoisotopic (exact) mass is 1300 g/mol. The van der Waals surface area contributed by atoms with Crippen LogP contribution >= 0.6 is 0 Å². The maximum atomic E-state index is 14.8. The third kappa shape index (κ3) is 22.0. The smallest absolute Gasteiger partial charge is 0.410 e. The number of hydrogen-bond acceptors (Lipinski definition) is 14. The number of nitrogens with zero attached hydrogens (tertiary/aromatic N) is 3. The molecular formula is C69H110N10O14. The molecule has 0 radical (unpaired) electrons. The van der Waals surface area contributed by atoms with E-state index in [4.69, 9.17) is 24.7 Å². The van der Waals surface area contributed by atoms with Gasteiger partial charge in [-0.3, -0.25) is 33.7 Å². The Bertz CT molecular complexity index is 2740. The number of nitrogens with one attached hydrogen (secondary N) is 6. The predicted molar refractivity (Wildman–Crippen MR) is 354 cm³/mol. The van der Waals surface area contributed by atoms with Gasteiger partial charge in [0.1, 0.15) is 30.8 Å². The van der Waals surface area contributed by atoms with Crippen LogP contribution in [0.2, 0.25) is 0 Å². The molecule has 93 heavy (non-hydrogen) atoms. The Morgan fingerprint density at radius 2 is 1.32 bits per heavy atom. The number of urea groups is 1. The zero-order valence-electron chi connectivity index (χ0n) is 57.6. The van der Waals surface area contributed by atoms with E-state index in [0.717, 1.165) is 12.8 Å². The van der Waals surface area contributed by atoms with Crippen LogP contribution in [-0.2, 0) is 54.3 Å². The number of likely N-dealkylation sites (tertiary alicyclic amines) is 1. The number of nitrogens with two attached hydrogens (primary N) is 1. The van der Waals surface area contributed by atoms with Gasteiger partial charge in [-0.2, -0.15) is 0 Å². The van der Waals surface area contributed by atoms with Crippen molar-refractivity contribution >= 4 is 59.3 Å². The number of ether oxygens (including phenoxy) is 4. The Morgan fingerprint density at radius 1 is 0.688 bits per heavy atom. The highest BCUT2D eigenvalue weighted by Crippen LogP contribution is 2.53. The number of benzene rings is 2. The van der Waals surface area contributed by atoms with Crippen LogP contribution in [0.25, 0.3) is 0 Å². The highest BCUT2D eigenvalue weighted by atomic mass is 16.6. The van der Waals surface area contributed by atoms with Gasteiger partial charge in [0.2, 0.25) is 35.4 Å². The fraction of sp³-hybridized carbons (Fsp3) is 0.696. The molecule has 5 rings (SSSR count). The van der Waals surface area contributed by atoms with Crippen molar-refractivity contribution in [2.75, 3.05) is 53.3 Å². The lowest BCUT2D eigenvalue weighted by Crippen LogP contribution is -2.60. The minimum Gasteiger partial charge on any atom is -0.449 e. The minimum absolute atomic E-state index is 0.0829. The topological polar surface area (TPSA) is 319 Å². The van der Waals surface area contributed by atoms with Crippen molar-refractivity contribution in [2.45, 2.75) is 213 Å². The number of rotatable bonds is 34. The van der Waals surface area contributed by atoms with E-state index in [2.05, 4.69) is 31.9 Å². The molecule has 1 saturated heterocycles. The van der Waals surface area contributed by atoms with Crippen LogP contribution in [0.3, 0.4) is 0 Å². The number of fused-ring (bicyclic) bond motifs is 1. The van der Waals surface area contributed by atoms with Crippen LogP contribution in [0, 0.1) is 47.3 Å². The molecule has 2 aromatic carbocycles. The third-order valence-electron chi connectivity index (χ3n) is 19.2. The molecule has 0 spiro atoms. The van der Waals surface area contributed by atoms with Crippen LogP contribution < -0.4 is 37.6 Å². The molecule has 14 atom stereocenters. The lowest BCUT2D eigenvalue weighted by atomic mass is 9.89. The van der Waals surface area contributed by atoms with E-state index in [9.17, 15) is 48.3 Å². The molecule has 0 bridgehead atoms. The first-order valence-corrected chi connectivity index (χ1v) is 33.7. The van der Waals surface area contributed by atoms with Gasteiger partial charge in [0.15, 0.2) is 0 Å². The van der Waals surface area contributed by atoms with Crippen LogP contribution in [-0.4, -0.2) is 176 Å². The Kier molecular flexibility index (Phi) is 30.6. The van der Waals surface area contributed by atoms with Crippen LogP contribution in [0.5, 0.6) is 0 Å². The number of aliphatic hydroxyl groups is 1. The molecule has 520 valence electrons. The van der Waals surface area contributed by atoms with E-state index in [1.807, 2.05) is 45.9 Å². The fourth-order valence-corrected chi connectivity index (χ4v) is 13.5. The number of amides is 10. The van der Waals surface area contributed by atoms with Gasteiger partial charge in [-0.1, -0.05) is 137 Å². The average Bonchev–Trinajstić information content (AvgIpc) is 1.66. The molecule has 3 fully saturated rings. The van der Waals surface area contributed by atoms with E-state index in [0.29, 0.717) is 67.0 Å². The molecule has 1 aliphatic heterocycles. The van der Waals surface area contributed by atoms with Gasteiger partial charge in [0.05, 0.1) is 55.4 Å². The normalized spacial score (nSPS) is 20.6. The molecule has 2 aliphatic carbocycles. The predicted octanol–water partition coefficient (Wildman–Crippen LogP) is 7.42. The zero-order chi connectivity index (χ0) is 68.8. The molecule has 9 N–H and O–H groups in total. The molecule has 2 saturated carbocycles. The van der Waals surface area contributed by atoms with Crippen molar-refractivity contribution in [3.8, 4) is 0 Å². The van der Waals surface area contributed by atoms with E-state index in [1.54, 1.807) is 94.8 Å². The lowest BCUT2D eigenvalue weighted by Gasteiger charge is -2.41. The number of anilines is 1. The van der Waals surface area contributed by atoms with Crippen molar-refractivity contribution in [1.29, 1.82) is 0 Å². The van der Waals surface area contributed by atoms with Crippen LogP contribution in [0.1, 0.15) is 164 Å². The molecule has 2 unspecified atom stereocenters. The number of likely N-dealkylation sites (N-methyl/N-ethyl adjacent to an activating group) is 2. The third-order valence-corrected chi connectivity index (χ3v) is 19.2. The number of methoxy groups -OCH3 is 2. The molecule has 3 aliphatic rings. The van der Waals surface area contributed by atoms with E-state index in [1.165, 1.54) is 51.9 Å². The van der Waals surface area contributed by atoms with Gasteiger partial charge in [-0.05, 0) is 110 Å². The second-order valence-corrected chi connectivity index (χ2v) is 27.0. The van der Waals surface area contributed by atoms with Crippen molar-refractivity contribution in [3.05, 3.63) is 65.7 Å². The van der Waals surface area contributed by atoms with Crippen molar-refractivity contribution < 1.29 is 67.2 Å². The summed E-state index contributed by atoms with van der Waals surface area (Å²) in [4.78, 5) is 128. The summed E-state index contributed by atoms with van der Waals surface area (Å²) < 4.78 is 23.4. The number of alkyl carbamates (subject to hydrolysis) is 1. The van der Waals surface area contributed by atoms with Gasteiger partial charge in [0.25, 0.3) is 0 Å². The number of carbonyl (C=O) groups excluding carboxylic acids is 9. The number of carbonyl (C=O) groups is 9. The molecule has 2 aromatic rings. The van der Waals surface area contributed by atoms with Gasteiger partial charge in [-0.15, -0.1) is 0 Å². The average molecular weight is 1300 g/mol. The summed E-state index contributed by atoms with van der Waals surface area (Å²) in [7, 11) is 6.12. The molecule has 1 heterocycles. The van der Waals surface area contributed by atoms with Crippen molar-refractivity contribution in [2.24, 2.45) is 53.1 Å². The number of primary amides is 1. The number of aliphatic hydroxyl groups excluding tert-OH is 1. The number of hydrogen-bond donors (Lipinski definition) is 8. The Balaban J connectivity index is 1.18. The van der Waals surface area contributed by atoms with Crippen molar-refractivity contribution in [1.82, 2.24) is 41.3 Å². The summed E-state index contributed by atoms with van der Waals surface area (Å²) in [5.74, 6) is -3.24. The van der Waals surface area contributed by atoms with Crippen molar-refractivity contribution in [3.63, 3.8) is 0 Å². The van der Waals surface area contributed by atoms with Gasteiger partial charge >= 0.3 is 18.2 Å². The Hall–Kier alpha value is -7.05. The zero-order valence-corrected chi connectivity index (χ0v) is 57.6. The maximum Gasteiger partial charge on any atom is 0.410 e. The summed E-state index contributed by atoms with van der Waals surface area (Å²) in [6.45, 7) is 18.9. The van der Waals surface area contributed by atoms with Crippen LogP contribution in [0.15, 0.2) is 54.6 Å². The standard InChI is InChI=1S/C69H110N10O14/c1-15-43(8)59(54(90-13)37-55(80)79-36-24-30-53(79)61(91-14)44(9)62(82)72-45(10)60(81)47-25-19-18-20-26-47)77(11)66(86)57(41(4)5)75-65(85)58(42(6)7)78(12)69(89)93-38-46-31-33-48(34-32-46)73-63(83)52(29-23-35-71-67(70)87)74-64(84)56(40(2)3)76-68(88)92-39-51-49-27-21-16-17-22-28-50(49)51/h18-20,25-26,31-34,40-45,49-54,56-61,81H,15-17,21-24,27-30,35-39H2,1-14H3,(H,72,82)(H,73,83)(H,74,84)(H,75,85)(H,76,88)(H3,70,71,87)/t43-,44+,45+,49?,50?,51?,52+,53-,54+,56-,57-,58-,59-,60+,61+/m0/s1. The lowest BCUT2D eigenvalue weighted by molar-refractivity contribution is -0.148. The fourth-order valence-electron chi connectivity index (χ4n) is 13.5. The highest BCUT2D eigenvalue weighted by Gasteiger charge is 2.50. The maximum absolute atomic E-state index is 14.8. The van der Waals surface area contributed by atoms with E-state index >= 15 is 0 Å². The summed E-state index contributed by atoms with van der Waals surface area (Å²) in [5, 5.41) is 27.7. The molecule has 10 amide bonds. The quantitative estimate of drug-likeness (QED) is 0.0316. The largest absolute Gasteiger partial charge is 0.449 e. The van der Waals surface area contributed by atoms with Crippen LogP contribution in [0.4, 0.5) is 20.1 Å². The van der Waals surface area contributed by atoms with Gasteiger partial charge < -0.3 is 71.5 Å². The Labute approximate surface area is 551 Å². The highest BCUT2D eigenvalue weighted by molar-refractivity contribution is 5.98. The minimum atomic E-state index is -1.08. The van der Waals surface area contributed by atoms with Gasteiger partial charge in [0, 0.05) is 47.1 Å². The summed E-state index contributed by atoms with van der Waals surface area (Å²) >= 11 is 0. The van der Waals surface area contributed by atoms with E-state index < -0.39 is 120 Å². The summed E-state index contributed by atoms with van der Waals surface area (Å²) in [6, 6.07) is 8.97. The summed E-state index contributed by atoms with van der Waals surface area (Å²) in [6.07, 6.45) is 5.50. The molecule has 24 nitrogen and oxygen atoms in total. The van der Waals surface area contributed by atoms with Gasteiger partial charge in [-0.25, -0.2) is 14.4 Å². The molecule has 24 heteroatoms.